The van der Waals surface area contributed by atoms with Crippen LogP contribution in [0.3, 0.4) is 0 Å². The van der Waals surface area contributed by atoms with Gasteiger partial charge in [-0.15, -0.1) is 0 Å². The van der Waals surface area contributed by atoms with Crippen molar-refractivity contribution in [1.29, 1.82) is 0 Å². The fraction of sp³-hybridized carbons (Fsp3) is 0.200. The summed E-state index contributed by atoms with van der Waals surface area (Å²) in [4.78, 5) is 26.4. The number of aromatic amines is 1. The molecule has 6 nitrogen and oxygen atoms in total. The molecule has 6 heteroatoms. The molecule has 0 radical (unpaired) electrons. The summed E-state index contributed by atoms with van der Waals surface area (Å²) < 4.78 is 11.2. The Kier molecular flexibility index (Phi) is 2.94. The molecule has 108 valence electrons. The van der Waals surface area contributed by atoms with Crippen LogP contribution in [0.5, 0.6) is 11.5 Å². The molecule has 21 heavy (non-hydrogen) atoms. The number of aromatic nitrogens is 1. The van der Waals surface area contributed by atoms with Crippen LogP contribution in [-0.4, -0.2) is 16.7 Å². The summed E-state index contributed by atoms with van der Waals surface area (Å²) in [6.07, 6.45) is 2.84. The first-order valence-electron chi connectivity index (χ1n) is 6.45. The molecule has 1 aromatic heterocycles. The number of benzene rings is 1. The highest BCUT2D eigenvalue weighted by atomic mass is 16.7. The maximum Gasteiger partial charge on any atom is 0.261 e. The quantitative estimate of drug-likeness (QED) is 0.886. The second kappa shape index (κ2) is 4.66. The van der Waals surface area contributed by atoms with Gasteiger partial charge >= 0.3 is 0 Å². The third kappa shape index (κ3) is 2.60. The molecule has 2 heterocycles. The Labute approximate surface area is 120 Å². The Morgan fingerprint density at radius 1 is 1.19 bits per heavy atom. The molecule has 1 amide bonds. The van der Waals surface area contributed by atoms with E-state index in [9.17, 15) is 9.59 Å². The molecule has 1 aliphatic rings. The van der Waals surface area contributed by atoms with E-state index in [0.717, 1.165) is 0 Å². The Bertz CT molecular complexity index is 764. The van der Waals surface area contributed by atoms with Crippen molar-refractivity contribution >= 4 is 11.6 Å². The molecule has 3 rings (SSSR count). The molecule has 0 spiro atoms. The van der Waals surface area contributed by atoms with Gasteiger partial charge in [0, 0.05) is 44.1 Å². The second-order valence-corrected chi connectivity index (χ2v) is 5.14. The number of amides is 1. The van der Waals surface area contributed by atoms with Crippen molar-refractivity contribution in [2.75, 3.05) is 5.32 Å². The van der Waals surface area contributed by atoms with E-state index in [-0.39, 0.29) is 11.0 Å². The third-order valence-corrected chi connectivity index (χ3v) is 2.98. The average molecular weight is 286 g/mol. The second-order valence-electron chi connectivity index (χ2n) is 5.14. The lowest BCUT2D eigenvalue weighted by Gasteiger charge is -2.16. The molecule has 0 bridgehead atoms. The van der Waals surface area contributed by atoms with Gasteiger partial charge < -0.3 is 19.8 Å². The fourth-order valence-electron chi connectivity index (χ4n) is 2.09. The van der Waals surface area contributed by atoms with Gasteiger partial charge in [-0.05, 0) is 12.1 Å². The highest BCUT2D eigenvalue weighted by molar-refractivity contribution is 6.04. The first kappa shape index (κ1) is 13.2. The average Bonchev–Trinajstić information content (AvgIpc) is 2.72. The van der Waals surface area contributed by atoms with Crippen molar-refractivity contribution in [3.8, 4) is 11.5 Å². The molecule has 0 aliphatic carbocycles. The maximum absolute atomic E-state index is 12.1. The van der Waals surface area contributed by atoms with Crippen molar-refractivity contribution in [2.45, 2.75) is 19.6 Å². The minimum Gasteiger partial charge on any atom is -0.449 e. The number of H-pyrrole nitrogens is 1. The van der Waals surface area contributed by atoms with Gasteiger partial charge in [-0.3, -0.25) is 9.59 Å². The van der Waals surface area contributed by atoms with Crippen LogP contribution in [0.4, 0.5) is 5.69 Å². The van der Waals surface area contributed by atoms with Crippen molar-refractivity contribution in [2.24, 2.45) is 0 Å². The zero-order chi connectivity index (χ0) is 15.0. The van der Waals surface area contributed by atoms with Gasteiger partial charge in [0.2, 0.25) is 5.79 Å². The summed E-state index contributed by atoms with van der Waals surface area (Å²) in [5.74, 6) is -0.0213. The minimum absolute atomic E-state index is 0.0514. The first-order chi connectivity index (χ1) is 9.94. The van der Waals surface area contributed by atoms with E-state index in [1.54, 1.807) is 32.0 Å². The summed E-state index contributed by atoms with van der Waals surface area (Å²) in [5, 5.41) is 2.66. The number of carbonyl (C=O) groups is 1. The highest BCUT2D eigenvalue weighted by Gasteiger charge is 2.31. The SMILES string of the molecule is CC1(C)Oc2ccc(NC(=O)c3c[nH]ccc3=O)cc2O1. The molecule has 1 aliphatic heterocycles. The molecule has 0 saturated heterocycles. The molecular weight excluding hydrogens is 272 g/mol. The number of ether oxygens (including phenoxy) is 2. The lowest BCUT2D eigenvalue weighted by atomic mass is 10.2. The Morgan fingerprint density at radius 3 is 2.71 bits per heavy atom. The number of anilines is 1. The fourth-order valence-corrected chi connectivity index (χ4v) is 2.09. The Balaban J connectivity index is 1.83. The van der Waals surface area contributed by atoms with E-state index in [2.05, 4.69) is 10.3 Å². The summed E-state index contributed by atoms with van der Waals surface area (Å²) in [5.41, 5.74) is 0.243. The van der Waals surface area contributed by atoms with Crippen LogP contribution in [-0.2, 0) is 0 Å². The lowest BCUT2D eigenvalue weighted by molar-refractivity contribution is -0.0431. The zero-order valence-corrected chi connectivity index (χ0v) is 11.6. The largest absolute Gasteiger partial charge is 0.449 e. The monoisotopic (exact) mass is 286 g/mol. The molecule has 0 fully saturated rings. The van der Waals surface area contributed by atoms with Crippen LogP contribution in [0.2, 0.25) is 0 Å². The standard InChI is InChI=1S/C15H14N2O4/c1-15(2)20-12-4-3-9(7-13(12)21-15)17-14(19)10-8-16-6-5-11(10)18/h3-8H,1-2H3,(H,16,18)(H,17,19). The number of carbonyl (C=O) groups excluding carboxylic acids is 1. The minimum atomic E-state index is -0.721. The molecular formula is C15H14N2O4. The number of hydrogen-bond donors (Lipinski definition) is 2. The van der Waals surface area contributed by atoms with E-state index in [0.29, 0.717) is 17.2 Å². The van der Waals surface area contributed by atoms with E-state index in [1.807, 2.05) is 0 Å². The van der Waals surface area contributed by atoms with Crippen molar-refractivity contribution < 1.29 is 14.3 Å². The van der Waals surface area contributed by atoms with Gasteiger partial charge in [-0.2, -0.15) is 0 Å². The van der Waals surface area contributed by atoms with E-state index >= 15 is 0 Å². The van der Waals surface area contributed by atoms with E-state index in [1.165, 1.54) is 18.5 Å². The van der Waals surface area contributed by atoms with Gasteiger partial charge in [0.25, 0.3) is 5.91 Å². The maximum atomic E-state index is 12.1. The first-order valence-corrected chi connectivity index (χ1v) is 6.45. The molecule has 0 unspecified atom stereocenters. The predicted molar refractivity (Wildman–Crippen MR) is 76.8 cm³/mol. The van der Waals surface area contributed by atoms with E-state index < -0.39 is 11.7 Å². The number of rotatable bonds is 2. The molecule has 0 atom stereocenters. The lowest BCUT2D eigenvalue weighted by Crippen LogP contribution is -2.29. The van der Waals surface area contributed by atoms with E-state index in [4.69, 9.17) is 9.47 Å². The number of nitrogens with one attached hydrogen (secondary N) is 2. The van der Waals surface area contributed by atoms with Crippen LogP contribution < -0.4 is 20.2 Å². The summed E-state index contributed by atoms with van der Waals surface area (Å²) in [6, 6.07) is 6.38. The van der Waals surface area contributed by atoms with Crippen molar-refractivity contribution in [1.82, 2.24) is 4.98 Å². The topological polar surface area (TPSA) is 80.4 Å². The van der Waals surface area contributed by atoms with Crippen LogP contribution in [0.15, 0.2) is 41.5 Å². The van der Waals surface area contributed by atoms with Gasteiger partial charge in [0.05, 0.1) is 0 Å². The molecule has 1 aromatic carbocycles. The molecule has 2 aromatic rings. The van der Waals surface area contributed by atoms with Crippen LogP contribution in [0.1, 0.15) is 24.2 Å². The zero-order valence-electron chi connectivity index (χ0n) is 11.6. The summed E-state index contributed by atoms with van der Waals surface area (Å²) in [6.45, 7) is 3.60. The smallest absolute Gasteiger partial charge is 0.261 e. The number of fused-ring (bicyclic) bond motifs is 1. The van der Waals surface area contributed by atoms with Crippen molar-refractivity contribution in [3.05, 3.63) is 52.4 Å². The highest BCUT2D eigenvalue weighted by Crippen LogP contribution is 2.40. The summed E-state index contributed by atoms with van der Waals surface area (Å²) >= 11 is 0. The predicted octanol–water partition coefficient (Wildman–Crippen LogP) is 2.13. The van der Waals surface area contributed by atoms with Gasteiger partial charge in [0.15, 0.2) is 16.9 Å². The van der Waals surface area contributed by atoms with Crippen LogP contribution in [0.25, 0.3) is 0 Å². The number of hydrogen-bond acceptors (Lipinski definition) is 4. The summed E-state index contributed by atoms with van der Waals surface area (Å²) in [7, 11) is 0. The van der Waals surface area contributed by atoms with Crippen LogP contribution in [0, 0.1) is 0 Å². The van der Waals surface area contributed by atoms with Gasteiger partial charge in [0.1, 0.15) is 5.56 Å². The molecule has 0 saturated carbocycles. The Morgan fingerprint density at radius 2 is 1.95 bits per heavy atom. The number of pyridine rings is 1. The van der Waals surface area contributed by atoms with Gasteiger partial charge in [-0.1, -0.05) is 0 Å². The molecule has 2 N–H and O–H groups in total. The van der Waals surface area contributed by atoms with Crippen molar-refractivity contribution in [3.63, 3.8) is 0 Å². The van der Waals surface area contributed by atoms with Crippen LogP contribution >= 0.6 is 0 Å². The van der Waals surface area contributed by atoms with Gasteiger partial charge in [-0.25, -0.2) is 0 Å². The third-order valence-electron chi connectivity index (χ3n) is 2.98. The normalized spacial score (nSPS) is 14.8. The Hall–Kier alpha value is -2.76.